The van der Waals surface area contributed by atoms with Crippen LogP contribution in [0.4, 0.5) is 0 Å². The molecule has 64 valence electrons. The van der Waals surface area contributed by atoms with E-state index in [4.69, 9.17) is 5.11 Å². The summed E-state index contributed by atoms with van der Waals surface area (Å²) in [6, 6.07) is 0. The molecule has 0 aromatic carbocycles. The second-order valence-electron chi connectivity index (χ2n) is 2.06. The maximum absolute atomic E-state index is 8.96. The monoisotopic (exact) mass is 188 g/mol. The van der Waals surface area contributed by atoms with E-state index in [2.05, 4.69) is 10.6 Å². The summed E-state index contributed by atoms with van der Waals surface area (Å²) in [5, 5.41) is 15.1. The van der Waals surface area contributed by atoms with Crippen molar-refractivity contribution in [1.82, 2.24) is 10.6 Å². The van der Waals surface area contributed by atoms with Gasteiger partial charge in [-0.15, -0.1) is 24.8 Å². The molecule has 5 heteroatoms. The number of β-amino-alcohol motifs (C(OH)–C–C–N with tert-alkyl or cyclic N) is 1. The average molecular weight is 189 g/mol. The van der Waals surface area contributed by atoms with Crippen molar-refractivity contribution in [2.24, 2.45) is 0 Å². The molecule has 1 heterocycles. The number of nitrogens with one attached hydrogen (secondary N) is 2. The van der Waals surface area contributed by atoms with E-state index in [9.17, 15) is 0 Å². The zero-order valence-electron chi connectivity index (χ0n) is 5.67. The fourth-order valence-corrected chi connectivity index (χ4v) is 0.786. The molecule has 1 aliphatic heterocycles. The highest BCUT2D eigenvalue weighted by atomic mass is 35.5. The first-order chi connectivity index (χ1) is 3.89. The van der Waals surface area contributed by atoms with Gasteiger partial charge in [0.05, 0.1) is 6.10 Å². The van der Waals surface area contributed by atoms with E-state index in [1.807, 2.05) is 0 Å². The van der Waals surface area contributed by atoms with Gasteiger partial charge in [-0.1, -0.05) is 0 Å². The molecule has 1 rings (SSSR count). The molecule has 0 radical (unpaired) electrons. The van der Waals surface area contributed by atoms with Crippen molar-refractivity contribution in [1.29, 1.82) is 0 Å². The first-order valence-corrected chi connectivity index (χ1v) is 2.99. The lowest BCUT2D eigenvalue weighted by Crippen LogP contribution is -2.28. The Balaban J connectivity index is 0. The first kappa shape index (κ1) is 13.1. The molecule has 3 N–H and O–H groups in total. The van der Waals surface area contributed by atoms with Crippen molar-refractivity contribution in [3.8, 4) is 0 Å². The topological polar surface area (TPSA) is 44.3 Å². The number of aliphatic hydroxyl groups is 1. The fraction of sp³-hybridized carbons (Fsp3) is 1.00. The van der Waals surface area contributed by atoms with E-state index >= 15 is 0 Å². The third-order valence-corrected chi connectivity index (χ3v) is 1.24. The SMILES string of the molecule is Cl.Cl.OC1CNCCNC1. The Morgan fingerprint density at radius 3 is 1.80 bits per heavy atom. The molecule has 0 aromatic heterocycles. The predicted octanol–water partition coefficient (Wildman–Crippen LogP) is -0.616. The van der Waals surface area contributed by atoms with E-state index in [0.29, 0.717) is 0 Å². The predicted molar refractivity (Wildman–Crippen MR) is 46.2 cm³/mol. The summed E-state index contributed by atoms with van der Waals surface area (Å²) in [5.41, 5.74) is 0. The second-order valence-corrected chi connectivity index (χ2v) is 2.06. The van der Waals surface area contributed by atoms with Crippen LogP contribution in [0.15, 0.2) is 0 Å². The van der Waals surface area contributed by atoms with Gasteiger partial charge >= 0.3 is 0 Å². The Labute approximate surface area is 73.4 Å². The molecule has 10 heavy (non-hydrogen) atoms. The highest BCUT2D eigenvalue weighted by Crippen LogP contribution is 1.79. The molecule has 1 saturated heterocycles. The van der Waals surface area contributed by atoms with Gasteiger partial charge in [0.25, 0.3) is 0 Å². The van der Waals surface area contributed by atoms with Crippen molar-refractivity contribution < 1.29 is 5.11 Å². The van der Waals surface area contributed by atoms with Crippen LogP contribution in [-0.4, -0.2) is 37.4 Å². The normalized spacial score (nSPS) is 20.1. The lowest BCUT2D eigenvalue weighted by molar-refractivity contribution is 0.179. The molecule has 0 spiro atoms. The summed E-state index contributed by atoms with van der Waals surface area (Å²) in [6.45, 7) is 3.40. The Morgan fingerprint density at radius 2 is 1.40 bits per heavy atom. The Morgan fingerprint density at radius 1 is 1.00 bits per heavy atom. The zero-order valence-corrected chi connectivity index (χ0v) is 7.30. The molecule has 0 unspecified atom stereocenters. The van der Waals surface area contributed by atoms with Gasteiger partial charge in [-0.2, -0.15) is 0 Å². The Bertz CT molecular complexity index is 66.7. The van der Waals surface area contributed by atoms with E-state index in [0.717, 1.165) is 26.2 Å². The van der Waals surface area contributed by atoms with Crippen LogP contribution in [0.2, 0.25) is 0 Å². The maximum Gasteiger partial charge on any atom is 0.0788 e. The quantitative estimate of drug-likeness (QED) is 0.476. The number of halogens is 2. The molecule has 0 aliphatic carbocycles. The van der Waals surface area contributed by atoms with Crippen LogP contribution in [-0.2, 0) is 0 Å². The van der Waals surface area contributed by atoms with Crippen LogP contribution in [0.3, 0.4) is 0 Å². The van der Waals surface area contributed by atoms with Crippen LogP contribution >= 0.6 is 24.8 Å². The number of rotatable bonds is 0. The summed E-state index contributed by atoms with van der Waals surface area (Å²) in [4.78, 5) is 0. The van der Waals surface area contributed by atoms with Crippen LogP contribution < -0.4 is 10.6 Å². The van der Waals surface area contributed by atoms with Gasteiger partial charge in [0.2, 0.25) is 0 Å². The summed E-state index contributed by atoms with van der Waals surface area (Å²) in [7, 11) is 0. The molecule has 0 saturated carbocycles. The van der Waals surface area contributed by atoms with Crippen molar-refractivity contribution in [3.05, 3.63) is 0 Å². The van der Waals surface area contributed by atoms with Gasteiger partial charge in [0, 0.05) is 26.2 Å². The smallest absolute Gasteiger partial charge is 0.0788 e. The maximum atomic E-state index is 8.96. The summed E-state index contributed by atoms with van der Waals surface area (Å²) >= 11 is 0. The molecule has 1 aliphatic rings. The van der Waals surface area contributed by atoms with Crippen LogP contribution in [0.5, 0.6) is 0 Å². The Hall–Kier alpha value is 0.460. The molecular formula is C5H14Cl2N2O. The molecule has 0 amide bonds. The van der Waals surface area contributed by atoms with Gasteiger partial charge in [0.1, 0.15) is 0 Å². The molecule has 0 atom stereocenters. The van der Waals surface area contributed by atoms with Gasteiger partial charge in [-0.25, -0.2) is 0 Å². The fourth-order valence-electron chi connectivity index (χ4n) is 0.786. The van der Waals surface area contributed by atoms with Gasteiger partial charge in [-0.05, 0) is 0 Å². The van der Waals surface area contributed by atoms with Crippen molar-refractivity contribution in [3.63, 3.8) is 0 Å². The second kappa shape index (κ2) is 7.57. The summed E-state index contributed by atoms with van der Waals surface area (Å²) < 4.78 is 0. The van der Waals surface area contributed by atoms with E-state index in [1.165, 1.54) is 0 Å². The zero-order chi connectivity index (χ0) is 5.82. The minimum Gasteiger partial charge on any atom is -0.390 e. The number of hydrogen-bond donors (Lipinski definition) is 3. The number of aliphatic hydroxyl groups excluding tert-OH is 1. The first-order valence-electron chi connectivity index (χ1n) is 2.99. The van der Waals surface area contributed by atoms with Crippen LogP contribution in [0.25, 0.3) is 0 Å². The Kier molecular flexibility index (Phi) is 9.90. The van der Waals surface area contributed by atoms with E-state index in [1.54, 1.807) is 0 Å². The van der Waals surface area contributed by atoms with Gasteiger partial charge < -0.3 is 15.7 Å². The van der Waals surface area contributed by atoms with Crippen LogP contribution in [0, 0.1) is 0 Å². The largest absolute Gasteiger partial charge is 0.390 e. The molecule has 1 fully saturated rings. The third kappa shape index (κ3) is 5.26. The summed E-state index contributed by atoms with van der Waals surface area (Å²) in [6.07, 6.45) is -0.197. The highest BCUT2D eigenvalue weighted by Gasteiger charge is 2.04. The minimum absolute atomic E-state index is 0. The van der Waals surface area contributed by atoms with Crippen molar-refractivity contribution in [2.75, 3.05) is 26.2 Å². The standard InChI is InChI=1S/C5H12N2O.2ClH/c8-5-3-6-1-2-7-4-5;;/h5-8H,1-4H2;2*1H. The third-order valence-electron chi connectivity index (χ3n) is 1.24. The van der Waals surface area contributed by atoms with Crippen molar-refractivity contribution in [2.45, 2.75) is 6.10 Å². The van der Waals surface area contributed by atoms with Gasteiger partial charge in [0.15, 0.2) is 0 Å². The van der Waals surface area contributed by atoms with Crippen molar-refractivity contribution >= 4 is 24.8 Å². The number of hydrogen-bond acceptors (Lipinski definition) is 3. The van der Waals surface area contributed by atoms with Crippen LogP contribution in [0.1, 0.15) is 0 Å². The van der Waals surface area contributed by atoms with E-state index in [-0.39, 0.29) is 30.9 Å². The minimum atomic E-state index is -0.197. The molecule has 3 nitrogen and oxygen atoms in total. The van der Waals surface area contributed by atoms with Gasteiger partial charge in [-0.3, -0.25) is 0 Å². The van der Waals surface area contributed by atoms with E-state index < -0.39 is 0 Å². The highest BCUT2D eigenvalue weighted by molar-refractivity contribution is 5.85. The average Bonchev–Trinajstić information content (AvgIpc) is 1.94. The summed E-state index contributed by atoms with van der Waals surface area (Å²) in [5.74, 6) is 0. The molecule has 0 aromatic rings. The lowest BCUT2D eigenvalue weighted by Gasteiger charge is -2.03. The molecular weight excluding hydrogens is 175 g/mol. The molecule has 0 bridgehead atoms. The lowest BCUT2D eigenvalue weighted by atomic mass is 10.4.